The van der Waals surface area contributed by atoms with Crippen molar-refractivity contribution in [3.8, 4) is 5.75 Å². The molecule has 0 aliphatic rings. The lowest BCUT2D eigenvalue weighted by atomic mass is 10.1. The maximum absolute atomic E-state index is 13.5. The van der Waals surface area contributed by atoms with Gasteiger partial charge in [0, 0.05) is 6.26 Å². The predicted molar refractivity (Wildman–Crippen MR) is 76.4 cm³/mol. The van der Waals surface area contributed by atoms with Crippen LogP contribution in [-0.4, -0.2) is 26.4 Å². The smallest absolute Gasteiger partial charge is 0.175 e. The second-order valence-corrected chi connectivity index (χ2v) is 6.72. The molecule has 2 aromatic carbocycles. The minimum absolute atomic E-state index is 0.126. The third-order valence-electron chi connectivity index (χ3n) is 2.99. The zero-order valence-corrected chi connectivity index (χ0v) is 12.5. The molecule has 0 aromatic heterocycles. The molecule has 0 aliphatic heterocycles. The molecule has 118 valence electrons. The standard InChI is InChI=1S/C15H14F2O4S/c1-22(19,20)11-7-5-10(6-8-11)21-9-14(18)15-12(16)3-2-4-13(15)17/h2-8,14,18H,9H2,1H3. The molecule has 0 spiro atoms. The molecule has 1 atom stereocenters. The maximum Gasteiger partial charge on any atom is 0.175 e. The summed E-state index contributed by atoms with van der Waals surface area (Å²) in [5.74, 6) is -1.43. The molecule has 0 saturated carbocycles. The molecule has 0 saturated heterocycles. The highest BCUT2D eigenvalue weighted by Gasteiger charge is 2.18. The van der Waals surface area contributed by atoms with Crippen LogP contribution in [0.4, 0.5) is 8.78 Å². The zero-order chi connectivity index (χ0) is 16.3. The van der Waals surface area contributed by atoms with Crippen LogP contribution in [0.5, 0.6) is 5.75 Å². The Bertz CT molecular complexity index is 737. The Morgan fingerprint density at radius 2 is 1.64 bits per heavy atom. The summed E-state index contributed by atoms with van der Waals surface area (Å²) in [6, 6.07) is 8.79. The summed E-state index contributed by atoms with van der Waals surface area (Å²) < 4.78 is 54.8. The number of benzene rings is 2. The van der Waals surface area contributed by atoms with Crippen molar-refractivity contribution in [2.75, 3.05) is 12.9 Å². The van der Waals surface area contributed by atoms with Crippen LogP contribution in [-0.2, 0) is 9.84 Å². The van der Waals surface area contributed by atoms with Gasteiger partial charge in [0.1, 0.15) is 30.1 Å². The zero-order valence-electron chi connectivity index (χ0n) is 11.7. The third-order valence-corrected chi connectivity index (χ3v) is 4.12. The molecule has 1 N–H and O–H groups in total. The second kappa shape index (κ2) is 6.41. The maximum atomic E-state index is 13.5. The van der Waals surface area contributed by atoms with E-state index in [0.29, 0.717) is 0 Å². The van der Waals surface area contributed by atoms with Gasteiger partial charge in [-0.2, -0.15) is 0 Å². The number of hydrogen-bond donors (Lipinski definition) is 1. The van der Waals surface area contributed by atoms with E-state index < -0.39 is 33.1 Å². The molecule has 0 radical (unpaired) electrons. The number of aliphatic hydroxyl groups is 1. The number of ether oxygens (including phenoxy) is 1. The lowest BCUT2D eigenvalue weighted by Crippen LogP contribution is -2.13. The Kier molecular flexibility index (Phi) is 4.77. The Balaban J connectivity index is 2.07. The van der Waals surface area contributed by atoms with Crippen molar-refractivity contribution in [3.63, 3.8) is 0 Å². The number of aliphatic hydroxyl groups excluding tert-OH is 1. The van der Waals surface area contributed by atoms with Crippen molar-refractivity contribution in [2.24, 2.45) is 0 Å². The minimum Gasteiger partial charge on any atom is -0.491 e. The highest BCUT2D eigenvalue weighted by Crippen LogP contribution is 2.22. The van der Waals surface area contributed by atoms with Gasteiger partial charge in [0.15, 0.2) is 9.84 Å². The van der Waals surface area contributed by atoms with Gasteiger partial charge in [-0.3, -0.25) is 0 Å². The summed E-state index contributed by atoms with van der Waals surface area (Å²) in [5, 5.41) is 9.83. The van der Waals surface area contributed by atoms with E-state index in [2.05, 4.69) is 0 Å². The number of halogens is 2. The molecule has 0 fully saturated rings. The first-order chi connectivity index (χ1) is 10.3. The highest BCUT2D eigenvalue weighted by atomic mass is 32.2. The Morgan fingerprint density at radius 1 is 1.09 bits per heavy atom. The highest BCUT2D eigenvalue weighted by molar-refractivity contribution is 7.90. The second-order valence-electron chi connectivity index (χ2n) is 4.71. The first kappa shape index (κ1) is 16.4. The number of sulfone groups is 1. The average molecular weight is 328 g/mol. The van der Waals surface area contributed by atoms with Crippen LogP contribution >= 0.6 is 0 Å². The van der Waals surface area contributed by atoms with Crippen molar-refractivity contribution in [1.29, 1.82) is 0 Å². The van der Waals surface area contributed by atoms with Crippen LogP contribution in [0.25, 0.3) is 0 Å². The van der Waals surface area contributed by atoms with Gasteiger partial charge in [-0.05, 0) is 36.4 Å². The largest absolute Gasteiger partial charge is 0.491 e. The molecule has 0 heterocycles. The molecule has 1 unspecified atom stereocenters. The molecule has 0 amide bonds. The molecule has 4 nitrogen and oxygen atoms in total. The quantitative estimate of drug-likeness (QED) is 0.916. The van der Waals surface area contributed by atoms with Crippen LogP contribution < -0.4 is 4.74 Å². The normalized spacial score (nSPS) is 12.9. The van der Waals surface area contributed by atoms with Crippen LogP contribution in [0.2, 0.25) is 0 Å². The lowest BCUT2D eigenvalue weighted by Gasteiger charge is -2.14. The van der Waals surface area contributed by atoms with Gasteiger partial charge < -0.3 is 9.84 Å². The van der Waals surface area contributed by atoms with E-state index in [1.807, 2.05) is 0 Å². The van der Waals surface area contributed by atoms with Crippen molar-refractivity contribution in [1.82, 2.24) is 0 Å². The van der Waals surface area contributed by atoms with Gasteiger partial charge in [0.05, 0.1) is 10.5 Å². The molecular formula is C15H14F2O4S. The first-order valence-corrected chi connectivity index (χ1v) is 8.23. The molecule has 7 heteroatoms. The van der Waals surface area contributed by atoms with E-state index in [0.717, 1.165) is 18.4 Å². The summed E-state index contributed by atoms with van der Waals surface area (Å²) in [6.45, 7) is -0.365. The Hall–Kier alpha value is -1.99. The fraction of sp³-hybridized carbons (Fsp3) is 0.200. The van der Waals surface area contributed by atoms with Crippen LogP contribution in [0, 0.1) is 11.6 Å². The van der Waals surface area contributed by atoms with Crippen molar-refractivity contribution >= 4 is 9.84 Å². The number of hydrogen-bond acceptors (Lipinski definition) is 4. The van der Waals surface area contributed by atoms with Crippen LogP contribution in [0.15, 0.2) is 47.4 Å². The van der Waals surface area contributed by atoms with Crippen molar-refractivity contribution < 1.29 is 27.0 Å². The molecule has 2 aromatic rings. The molecule has 22 heavy (non-hydrogen) atoms. The summed E-state index contributed by atoms with van der Waals surface area (Å²) in [6.07, 6.45) is -0.399. The summed E-state index contributed by atoms with van der Waals surface area (Å²) in [5.41, 5.74) is -0.463. The molecule has 0 aliphatic carbocycles. The minimum atomic E-state index is -3.31. The van der Waals surface area contributed by atoms with Gasteiger partial charge in [0.25, 0.3) is 0 Å². The monoisotopic (exact) mass is 328 g/mol. The Morgan fingerprint density at radius 3 is 2.14 bits per heavy atom. The Labute approximate surface area is 126 Å². The molecular weight excluding hydrogens is 314 g/mol. The topological polar surface area (TPSA) is 63.6 Å². The van der Waals surface area contributed by atoms with Crippen molar-refractivity contribution in [2.45, 2.75) is 11.0 Å². The van der Waals surface area contributed by atoms with E-state index in [1.165, 1.54) is 30.3 Å². The number of rotatable bonds is 5. The third kappa shape index (κ3) is 3.80. The fourth-order valence-corrected chi connectivity index (χ4v) is 2.50. The summed E-state index contributed by atoms with van der Waals surface area (Å²) >= 11 is 0. The first-order valence-electron chi connectivity index (χ1n) is 6.34. The molecule has 0 bridgehead atoms. The van der Waals surface area contributed by atoms with E-state index in [-0.39, 0.29) is 17.3 Å². The summed E-state index contributed by atoms with van der Waals surface area (Å²) in [4.78, 5) is 0.126. The van der Waals surface area contributed by atoms with Gasteiger partial charge in [-0.15, -0.1) is 0 Å². The van der Waals surface area contributed by atoms with Gasteiger partial charge in [0.2, 0.25) is 0 Å². The van der Waals surface area contributed by atoms with Gasteiger partial charge in [-0.1, -0.05) is 6.07 Å². The van der Waals surface area contributed by atoms with E-state index >= 15 is 0 Å². The van der Waals surface area contributed by atoms with Crippen LogP contribution in [0.1, 0.15) is 11.7 Å². The molecule has 2 rings (SSSR count). The van der Waals surface area contributed by atoms with E-state index in [9.17, 15) is 22.3 Å². The lowest BCUT2D eigenvalue weighted by molar-refractivity contribution is 0.101. The average Bonchev–Trinajstić information content (AvgIpc) is 2.44. The van der Waals surface area contributed by atoms with E-state index in [4.69, 9.17) is 4.74 Å². The summed E-state index contributed by atoms with van der Waals surface area (Å²) in [7, 11) is -3.31. The van der Waals surface area contributed by atoms with E-state index in [1.54, 1.807) is 0 Å². The van der Waals surface area contributed by atoms with Gasteiger partial charge in [-0.25, -0.2) is 17.2 Å². The fourth-order valence-electron chi connectivity index (χ4n) is 1.87. The predicted octanol–water partition coefficient (Wildman–Crippen LogP) is 2.48. The van der Waals surface area contributed by atoms with Crippen molar-refractivity contribution in [3.05, 3.63) is 59.7 Å². The van der Waals surface area contributed by atoms with Crippen LogP contribution in [0.3, 0.4) is 0 Å². The van der Waals surface area contributed by atoms with Gasteiger partial charge >= 0.3 is 0 Å². The SMILES string of the molecule is CS(=O)(=O)c1ccc(OCC(O)c2c(F)cccc2F)cc1.